The Morgan fingerprint density at radius 2 is 1.07 bits per heavy atom. The Hall–Kier alpha value is -3.16. The van der Waals surface area contributed by atoms with E-state index in [1.807, 2.05) is 0 Å². The van der Waals surface area contributed by atoms with E-state index < -0.39 is 0 Å². The monoisotopic (exact) mass is 398 g/mol. The quantitative estimate of drug-likeness (QED) is 0.403. The number of urea groups is 2. The van der Waals surface area contributed by atoms with E-state index in [4.69, 9.17) is 0 Å². The maximum absolute atomic E-state index is 11.7. The molecule has 2 aromatic rings. The highest BCUT2D eigenvalue weighted by Crippen LogP contribution is 2.07. The van der Waals surface area contributed by atoms with Crippen LogP contribution in [0.4, 0.5) is 21.0 Å². The van der Waals surface area contributed by atoms with E-state index in [-0.39, 0.29) is 12.1 Å². The minimum Gasteiger partial charge on any atom is -0.338 e. The van der Waals surface area contributed by atoms with Gasteiger partial charge in [0.15, 0.2) is 0 Å². The van der Waals surface area contributed by atoms with Gasteiger partial charge in [-0.25, -0.2) is 9.59 Å². The van der Waals surface area contributed by atoms with Crippen molar-refractivity contribution in [3.05, 3.63) is 49.1 Å². The van der Waals surface area contributed by atoms with Crippen molar-refractivity contribution in [3.8, 4) is 0 Å². The summed E-state index contributed by atoms with van der Waals surface area (Å²) in [5.74, 6) is 0. The third-order valence-corrected chi connectivity index (χ3v) is 4.26. The first-order chi connectivity index (χ1) is 14.2. The van der Waals surface area contributed by atoms with E-state index in [0.717, 1.165) is 38.5 Å². The fourth-order valence-corrected chi connectivity index (χ4v) is 2.76. The number of pyridine rings is 2. The molecule has 2 heterocycles. The van der Waals surface area contributed by atoms with E-state index in [1.165, 1.54) is 6.42 Å². The molecule has 0 aliphatic rings. The van der Waals surface area contributed by atoms with Crippen molar-refractivity contribution >= 4 is 23.4 Å². The van der Waals surface area contributed by atoms with Crippen molar-refractivity contribution in [2.24, 2.45) is 0 Å². The number of amides is 4. The zero-order valence-corrected chi connectivity index (χ0v) is 16.7. The first kappa shape index (κ1) is 22.1. The molecule has 0 unspecified atom stereocenters. The van der Waals surface area contributed by atoms with Crippen LogP contribution in [0.25, 0.3) is 0 Å². The summed E-state index contributed by atoms with van der Waals surface area (Å²) < 4.78 is 0. The molecule has 156 valence electrons. The molecule has 0 saturated heterocycles. The molecule has 0 aliphatic heterocycles. The van der Waals surface area contributed by atoms with Gasteiger partial charge in [-0.2, -0.15) is 0 Å². The predicted molar refractivity (Wildman–Crippen MR) is 115 cm³/mol. The van der Waals surface area contributed by atoms with E-state index in [9.17, 15) is 9.59 Å². The van der Waals surface area contributed by atoms with Gasteiger partial charge in [0.2, 0.25) is 0 Å². The molecular formula is C21H30N6O2. The van der Waals surface area contributed by atoms with Crippen LogP contribution in [0.3, 0.4) is 0 Å². The molecule has 0 fully saturated rings. The number of carbonyl (C=O) groups is 2. The summed E-state index contributed by atoms with van der Waals surface area (Å²) in [6.45, 7) is 1.34. The Morgan fingerprint density at radius 3 is 1.45 bits per heavy atom. The van der Waals surface area contributed by atoms with Crippen molar-refractivity contribution in [1.29, 1.82) is 0 Å². The van der Waals surface area contributed by atoms with Gasteiger partial charge in [-0.1, -0.05) is 32.1 Å². The van der Waals surface area contributed by atoms with Gasteiger partial charge in [-0.05, 0) is 37.1 Å². The Kier molecular flexibility index (Phi) is 10.6. The second-order valence-corrected chi connectivity index (χ2v) is 6.72. The SMILES string of the molecule is O=C(NCCCCCCCCCNC(=O)Nc1cccnc1)Nc1cccnc1. The summed E-state index contributed by atoms with van der Waals surface area (Å²) in [4.78, 5) is 31.3. The molecule has 0 radical (unpaired) electrons. The van der Waals surface area contributed by atoms with Crippen molar-refractivity contribution in [2.45, 2.75) is 44.9 Å². The van der Waals surface area contributed by atoms with Crippen LogP contribution in [0.2, 0.25) is 0 Å². The van der Waals surface area contributed by atoms with Crippen LogP contribution in [0, 0.1) is 0 Å². The molecule has 2 rings (SSSR count). The lowest BCUT2D eigenvalue weighted by Gasteiger charge is -2.08. The van der Waals surface area contributed by atoms with Gasteiger partial charge >= 0.3 is 12.1 Å². The van der Waals surface area contributed by atoms with Crippen LogP contribution < -0.4 is 21.3 Å². The van der Waals surface area contributed by atoms with Crippen LogP contribution in [0.1, 0.15) is 44.9 Å². The van der Waals surface area contributed by atoms with Crippen LogP contribution in [-0.2, 0) is 0 Å². The number of rotatable bonds is 12. The molecule has 0 spiro atoms. The van der Waals surface area contributed by atoms with Crippen molar-refractivity contribution < 1.29 is 9.59 Å². The summed E-state index contributed by atoms with van der Waals surface area (Å²) in [6, 6.07) is 6.77. The lowest BCUT2D eigenvalue weighted by atomic mass is 10.1. The molecule has 4 amide bonds. The number of nitrogens with zero attached hydrogens (tertiary/aromatic N) is 2. The van der Waals surface area contributed by atoms with Gasteiger partial charge in [0, 0.05) is 25.5 Å². The Labute approximate surface area is 171 Å². The van der Waals surface area contributed by atoms with Crippen molar-refractivity contribution in [3.63, 3.8) is 0 Å². The van der Waals surface area contributed by atoms with Crippen LogP contribution in [0.15, 0.2) is 49.1 Å². The molecule has 0 bridgehead atoms. The average molecular weight is 399 g/mol. The number of anilines is 2. The lowest BCUT2D eigenvalue weighted by Crippen LogP contribution is -2.29. The number of nitrogens with one attached hydrogen (secondary N) is 4. The molecule has 0 atom stereocenters. The highest BCUT2D eigenvalue weighted by molar-refractivity contribution is 5.89. The minimum absolute atomic E-state index is 0.196. The molecule has 0 saturated carbocycles. The number of hydrogen-bond acceptors (Lipinski definition) is 4. The summed E-state index contributed by atoms with van der Waals surface area (Å²) in [5, 5.41) is 11.2. The van der Waals surface area contributed by atoms with Gasteiger partial charge in [-0.3, -0.25) is 9.97 Å². The van der Waals surface area contributed by atoms with Crippen LogP contribution >= 0.6 is 0 Å². The zero-order valence-electron chi connectivity index (χ0n) is 16.7. The largest absolute Gasteiger partial charge is 0.338 e. The van der Waals surface area contributed by atoms with Crippen molar-refractivity contribution in [2.75, 3.05) is 23.7 Å². The molecule has 2 aromatic heterocycles. The molecule has 0 aromatic carbocycles. The van der Waals surface area contributed by atoms with E-state index in [2.05, 4.69) is 31.2 Å². The second kappa shape index (κ2) is 13.9. The van der Waals surface area contributed by atoms with Crippen LogP contribution in [-0.4, -0.2) is 35.1 Å². The third kappa shape index (κ3) is 10.7. The fourth-order valence-electron chi connectivity index (χ4n) is 2.76. The Balaban J connectivity index is 1.35. The standard InChI is InChI=1S/C21H30N6O2/c28-20(26-18-10-8-12-22-16-18)24-14-6-4-2-1-3-5-7-15-25-21(29)27-19-11-9-13-23-17-19/h8-13,16-17H,1-7,14-15H2,(H2,24,26,28)(H2,25,27,29). The first-order valence-corrected chi connectivity index (χ1v) is 10.1. The number of hydrogen-bond donors (Lipinski definition) is 4. The highest BCUT2D eigenvalue weighted by atomic mass is 16.2. The minimum atomic E-state index is -0.196. The summed E-state index contributed by atoms with van der Waals surface area (Å²) >= 11 is 0. The number of aromatic nitrogens is 2. The first-order valence-electron chi connectivity index (χ1n) is 10.1. The summed E-state index contributed by atoms with van der Waals surface area (Å²) in [5.41, 5.74) is 1.38. The van der Waals surface area contributed by atoms with Crippen molar-refractivity contribution in [1.82, 2.24) is 20.6 Å². The molecule has 8 nitrogen and oxygen atoms in total. The molecule has 0 aliphatic carbocycles. The third-order valence-electron chi connectivity index (χ3n) is 4.26. The maximum Gasteiger partial charge on any atom is 0.319 e. The smallest absolute Gasteiger partial charge is 0.319 e. The van der Waals surface area contributed by atoms with E-state index in [0.29, 0.717) is 24.5 Å². The number of carbonyl (C=O) groups excluding carboxylic acids is 2. The Morgan fingerprint density at radius 1 is 0.655 bits per heavy atom. The van der Waals surface area contributed by atoms with E-state index >= 15 is 0 Å². The molecule has 29 heavy (non-hydrogen) atoms. The molecule has 4 N–H and O–H groups in total. The molecular weight excluding hydrogens is 368 g/mol. The summed E-state index contributed by atoms with van der Waals surface area (Å²) in [7, 11) is 0. The van der Waals surface area contributed by atoms with Gasteiger partial charge < -0.3 is 21.3 Å². The normalized spacial score (nSPS) is 10.2. The number of unbranched alkanes of at least 4 members (excludes halogenated alkanes) is 6. The van der Waals surface area contributed by atoms with Gasteiger partial charge in [0.1, 0.15) is 0 Å². The lowest BCUT2D eigenvalue weighted by molar-refractivity contribution is 0.251. The highest BCUT2D eigenvalue weighted by Gasteiger charge is 2.01. The predicted octanol–water partition coefficient (Wildman–Crippen LogP) is 4.15. The Bertz CT molecular complexity index is 650. The topological polar surface area (TPSA) is 108 Å². The fraction of sp³-hybridized carbons (Fsp3) is 0.429. The summed E-state index contributed by atoms with van der Waals surface area (Å²) in [6.07, 6.45) is 14.2. The van der Waals surface area contributed by atoms with Crippen LogP contribution in [0.5, 0.6) is 0 Å². The maximum atomic E-state index is 11.7. The van der Waals surface area contributed by atoms with Gasteiger partial charge in [0.25, 0.3) is 0 Å². The van der Waals surface area contributed by atoms with Gasteiger partial charge in [-0.15, -0.1) is 0 Å². The second-order valence-electron chi connectivity index (χ2n) is 6.72. The zero-order chi connectivity index (χ0) is 20.6. The van der Waals surface area contributed by atoms with Gasteiger partial charge in [0.05, 0.1) is 23.8 Å². The van der Waals surface area contributed by atoms with E-state index in [1.54, 1.807) is 49.1 Å². The average Bonchev–Trinajstić information content (AvgIpc) is 2.73. The molecule has 8 heteroatoms.